The summed E-state index contributed by atoms with van der Waals surface area (Å²) in [6.07, 6.45) is 18.4. The predicted octanol–water partition coefficient (Wildman–Crippen LogP) is 10.1. The van der Waals surface area contributed by atoms with Crippen molar-refractivity contribution in [2.45, 2.75) is 126 Å². The molecule has 2 aliphatic rings. The van der Waals surface area contributed by atoms with Crippen LogP contribution >= 0.6 is 0 Å². The van der Waals surface area contributed by atoms with Gasteiger partial charge in [0.25, 0.3) is 0 Å². The minimum absolute atomic E-state index is 0.421. The average molecular weight is 414 g/mol. The average Bonchev–Trinajstić information content (AvgIpc) is 2.66. The zero-order valence-corrected chi connectivity index (χ0v) is 21.7. The number of rotatable bonds is 10. The van der Waals surface area contributed by atoms with Crippen molar-refractivity contribution in [3.63, 3.8) is 0 Å². The summed E-state index contributed by atoms with van der Waals surface area (Å²) in [5.41, 5.74) is 5.31. The smallest absolute Gasteiger partial charge is 0.0575 e. The molecule has 0 aliphatic heterocycles. The van der Waals surface area contributed by atoms with Crippen LogP contribution in [0.2, 0.25) is 0 Å². The van der Waals surface area contributed by atoms with Crippen molar-refractivity contribution in [2.24, 2.45) is 28.6 Å². The van der Waals surface area contributed by atoms with E-state index >= 15 is 0 Å². The third-order valence-corrected chi connectivity index (χ3v) is 8.52. The van der Waals surface area contributed by atoms with Crippen LogP contribution in [-0.4, -0.2) is 0 Å². The lowest BCUT2D eigenvalue weighted by Crippen LogP contribution is -2.48. The van der Waals surface area contributed by atoms with Crippen LogP contribution in [0.15, 0.2) is 34.9 Å². The quantitative estimate of drug-likeness (QED) is 0.312. The van der Waals surface area contributed by atoms with Crippen molar-refractivity contribution >= 4 is 0 Å². The lowest BCUT2D eigenvalue weighted by atomic mass is 9.48. The standard InChI is InChI=1S/C30H52/c1-23(2)13-9-14-24(3)15-10-16-25(4)17-11-18-27-26(5)19-20-28-29(6,7)21-12-22-30(27,28)8/h15,17,19,23,27-28H,9-14,16,18,20-22H2,1-8H3/b24-15+,25-17+/t27-,28?,30+/m0/s1/i17D. The predicted molar refractivity (Wildman–Crippen MR) is 136 cm³/mol. The molecule has 0 aromatic heterocycles. The van der Waals surface area contributed by atoms with E-state index in [1.54, 1.807) is 5.57 Å². The van der Waals surface area contributed by atoms with E-state index in [-0.39, 0.29) is 0 Å². The van der Waals surface area contributed by atoms with Gasteiger partial charge < -0.3 is 0 Å². The van der Waals surface area contributed by atoms with Crippen LogP contribution in [-0.2, 0) is 0 Å². The molecule has 0 amide bonds. The number of hydrogen-bond donors (Lipinski definition) is 0. The fourth-order valence-corrected chi connectivity index (χ4v) is 6.64. The molecule has 2 rings (SSSR count). The topological polar surface area (TPSA) is 0 Å². The van der Waals surface area contributed by atoms with Crippen LogP contribution < -0.4 is 0 Å². The fourth-order valence-electron chi connectivity index (χ4n) is 6.64. The maximum absolute atomic E-state index is 8.72. The molecule has 0 radical (unpaired) electrons. The second-order valence-electron chi connectivity index (χ2n) is 12.0. The number of hydrogen-bond acceptors (Lipinski definition) is 0. The molecule has 0 heteroatoms. The van der Waals surface area contributed by atoms with Gasteiger partial charge in [0.1, 0.15) is 0 Å². The van der Waals surface area contributed by atoms with Gasteiger partial charge in [0, 0.05) is 0 Å². The van der Waals surface area contributed by atoms with E-state index in [0.29, 0.717) is 16.7 Å². The van der Waals surface area contributed by atoms with Gasteiger partial charge in [-0.3, -0.25) is 0 Å². The zero-order valence-electron chi connectivity index (χ0n) is 22.7. The zero-order chi connectivity index (χ0) is 23.2. The van der Waals surface area contributed by atoms with Crippen molar-refractivity contribution in [1.29, 1.82) is 0 Å². The lowest BCUT2D eigenvalue weighted by molar-refractivity contribution is -0.0388. The van der Waals surface area contributed by atoms with E-state index < -0.39 is 0 Å². The highest BCUT2D eigenvalue weighted by molar-refractivity contribution is 5.18. The summed E-state index contributed by atoms with van der Waals surface area (Å²) in [5.74, 6) is 2.26. The Bertz CT molecular complexity index is 675. The van der Waals surface area contributed by atoms with Gasteiger partial charge in [0.05, 0.1) is 1.37 Å². The number of fused-ring (bicyclic) bond motifs is 1. The summed E-state index contributed by atoms with van der Waals surface area (Å²) in [7, 11) is 0. The first-order chi connectivity index (χ1) is 14.5. The lowest BCUT2D eigenvalue weighted by Gasteiger charge is -2.57. The Hall–Kier alpha value is -0.780. The molecule has 0 aromatic carbocycles. The first-order valence-corrected chi connectivity index (χ1v) is 12.9. The van der Waals surface area contributed by atoms with E-state index in [9.17, 15) is 0 Å². The molecule has 1 fully saturated rings. The van der Waals surface area contributed by atoms with E-state index in [4.69, 9.17) is 1.37 Å². The highest BCUT2D eigenvalue weighted by atomic mass is 14.6. The molecule has 2 aliphatic carbocycles. The minimum Gasteiger partial charge on any atom is -0.0856 e. The molecule has 0 saturated heterocycles. The SMILES string of the molecule is [2H]/C(CC[C@H]1C(C)=CCC2C(C)(C)CCC[C@@]21C)=C(/C)CC/C=C(\C)CCCC(C)C. The Balaban J connectivity index is 1.92. The summed E-state index contributed by atoms with van der Waals surface area (Å²) < 4.78 is 8.72. The van der Waals surface area contributed by atoms with Crippen LogP contribution in [0.3, 0.4) is 0 Å². The highest BCUT2D eigenvalue weighted by Gasteiger charge is 2.51. The summed E-state index contributed by atoms with van der Waals surface area (Å²) in [6.45, 7) is 19.0. The van der Waals surface area contributed by atoms with Gasteiger partial charge in [-0.2, -0.15) is 0 Å². The molecule has 0 spiro atoms. The van der Waals surface area contributed by atoms with Crippen LogP contribution in [0.4, 0.5) is 0 Å². The normalized spacial score (nSPS) is 30.5. The second-order valence-corrected chi connectivity index (χ2v) is 12.0. The molecule has 3 atom stereocenters. The molecule has 30 heavy (non-hydrogen) atoms. The van der Waals surface area contributed by atoms with E-state index in [1.165, 1.54) is 56.1 Å². The highest BCUT2D eigenvalue weighted by Crippen LogP contribution is 2.60. The molecule has 172 valence electrons. The third-order valence-electron chi connectivity index (χ3n) is 8.52. The van der Waals surface area contributed by atoms with Gasteiger partial charge in [0.15, 0.2) is 0 Å². The second kappa shape index (κ2) is 11.2. The Labute approximate surface area is 191 Å². The molecular formula is C30H52. The fraction of sp³-hybridized carbons (Fsp3) is 0.800. The monoisotopic (exact) mass is 413 g/mol. The van der Waals surface area contributed by atoms with Gasteiger partial charge in [-0.1, -0.05) is 82.4 Å². The Morgan fingerprint density at radius 1 is 1.13 bits per heavy atom. The Morgan fingerprint density at radius 2 is 1.87 bits per heavy atom. The van der Waals surface area contributed by atoms with Crippen molar-refractivity contribution in [3.8, 4) is 0 Å². The molecule has 0 nitrogen and oxygen atoms in total. The summed E-state index contributed by atoms with van der Waals surface area (Å²) in [5, 5.41) is 0. The summed E-state index contributed by atoms with van der Waals surface area (Å²) in [6, 6.07) is 0.902. The first-order valence-electron chi connectivity index (χ1n) is 13.4. The van der Waals surface area contributed by atoms with E-state index in [2.05, 4.69) is 67.5 Å². The molecule has 0 N–H and O–H groups in total. The van der Waals surface area contributed by atoms with Crippen LogP contribution in [0.25, 0.3) is 0 Å². The van der Waals surface area contributed by atoms with Gasteiger partial charge >= 0.3 is 0 Å². The number of allylic oxidation sites excluding steroid dienone is 6. The van der Waals surface area contributed by atoms with Crippen molar-refractivity contribution < 1.29 is 1.37 Å². The molecular weight excluding hydrogens is 360 g/mol. The third kappa shape index (κ3) is 6.86. The Kier molecular flexibility index (Phi) is 8.91. The van der Waals surface area contributed by atoms with Crippen molar-refractivity contribution in [1.82, 2.24) is 0 Å². The van der Waals surface area contributed by atoms with Crippen LogP contribution in [0.1, 0.15) is 127 Å². The molecule has 1 unspecified atom stereocenters. The van der Waals surface area contributed by atoms with E-state index in [0.717, 1.165) is 43.6 Å². The largest absolute Gasteiger partial charge is 0.0856 e. The van der Waals surface area contributed by atoms with Gasteiger partial charge in [-0.15, -0.1) is 0 Å². The molecule has 0 heterocycles. The summed E-state index contributed by atoms with van der Waals surface area (Å²) >= 11 is 0. The summed E-state index contributed by atoms with van der Waals surface area (Å²) in [4.78, 5) is 0. The molecule has 0 bridgehead atoms. The first kappa shape index (κ1) is 23.9. The van der Waals surface area contributed by atoms with Crippen molar-refractivity contribution in [3.05, 3.63) is 34.9 Å². The molecule has 0 aromatic rings. The van der Waals surface area contributed by atoms with Gasteiger partial charge in [-0.25, -0.2) is 0 Å². The maximum Gasteiger partial charge on any atom is 0.0575 e. The van der Waals surface area contributed by atoms with Crippen molar-refractivity contribution in [2.75, 3.05) is 0 Å². The van der Waals surface area contributed by atoms with Crippen LogP contribution in [0.5, 0.6) is 0 Å². The van der Waals surface area contributed by atoms with Gasteiger partial charge in [0.2, 0.25) is 0 Å². The Morgan fingerprint density at radius 3 is 2.57 bits per heavy atom. The van der Waals surface area contributed by atoms with E-state index in [1.807, 2.05) is 0 Å². The maximum atomic E-state index is 8.72. The van der Waals surface area contributed by atoms with Crippen LogP contribution in [0, 0.1) is 28.6 Å². The minimum atomic E-state index is 0.421. The molecule has 1 saturated carbocycles. The van der Waals surface area contributed by atoms with Gasteiger partial charge in [-0.05, 0) is 107 Å².